The van der Waals surface area contributed by atoms with Crippen LogP contribution in [-0.4, -0.2) is 0 Å². The molecule has 0 nitrogen and oxygen atoms in total. The van der Waals surface area contributed by atoms with E-state index in [1.165, 1.54) is 19.3 Å². The summed E-state index contributed by atoms with van der Waals surface area (Å²) in [5.41, 5.74) is 0. The van der Waals surface area contributed by atoms with Crippen molar-refractivity contribution >= 4 is 0 Å². The van der Waals surface area contributed by atoms with E-state index in [1.807, 2.05) is 0 Å². The second kappa shape index (κ2) is 2.91. The molecular formula is C8H12. The van der Waals surface area contributed by atoms with Crippen LogP contribution in [0.4, 0.5) is 0 Å². The van der Waals surface area contributed by atoms with E-state index in [2.05, 4.69) is 12.2 Å². The summed E-state index contributed by atoms with van der Waals surface area (Å²) in [7, 11) is 0. The summed E-state index contributed by atoms with van der Waals surface area (Å²) in [6.45, 7) is 5.38. The van der Waals surface area contributed by atoms with Crippen LogP contribution in [0.15, 0.2) is 12.2 Å². The SMILES string of the molecule is [CH]CCC1CC=CC1. The molecular weight excluding hydrogens is 96.1 g/mol. The highest BCUT2D eigenvalue weighted by atomic mass is 14.1. The Morgan fingerprint density at radius 2 is 2.00 bits per heavy atom. The van der Waals surface area contributed by atoms with Crippen LogP contribution in [0.1, 0.15) is 25.7 Å². The largest absolute Gasteiger partial charge is 0.0882 e. The number of allylic oxidation sites excluding steroid dienone is 2. The average molecular weight is 108 g/mol. The van der Waals surface area contributed by atoms with Gasteiger partial charge in [-0.3, -0.25) is 0 Å². The fourth-order valence-electron chi connectivity index (χ4n) is 1.14. The fraction of sp³-hybridized carbons (Fsp3) is 0.625. The van der Waals surface area contributed by atoms with E-state index < -0.39 is 0 Å². The van der Waals surface area contributed by atoms with Crippen molar-refractivity contribution in [3.8, 4) is 0 Å². The van der Waals surface area contributed by atoms with Crippen LogP contribution in [0.2, 0.25) is 0 Å². The van der Waals surface area contributed by atoms with Crippen molar-refractivity contribution < 1.29 is 0 Å². The lowest BCUT2D eigenvalue weighted by atomic mass is 10.0. The highest BCUT2D eigenvalue weighted by Crippen LogP contribution is 2.21. The molecule has 0 heterocycles. The van der Waals surface area contributed by atoms with Gasteiger partial charge in [-0.25, -0.2) is 0 Å². The minimum Gasteiger partial charge on any atom is -0.0882 e. The summed E-state index contributed by atoms with van der Waals surface area (Å²) in [4.78, 5) is 0. The standard InChI is InChI=1S/C8H12/c1-2-5-8-6-3-4-7-8/h1,3-4,8H,2,5-7H2. The van der Waals surface area contributed by atoms with Gasteiger partial charge in [0.2, 0.25) is 0 Å². The molecule has 0 saturated carbocycles. The molecule has 1 aliphatic rings. The van der Waals surface area contributed by atoms with E-state index >= 15 is 0 Å². The Hall–Kier alpha value is -0.260. The van der Waals surface area contributed by atoms with Crippen molar-refractivity contribution in [2.24, 2.45) is 5.92 Å². The van der Waals surface area contributed by atoms with Gasteiger partial charge in [0, 0.05) is 0 Å². The number of rotatable bonds is 2. The van der Waals surface area contributed by atoms with Gasteiger partial charge < -0.3 is 0 Å². The Labute approximate surface area is 51.6 Å². The zero-order chi connectivity index (χ0) is 5.82. The van der Waals surface area contributed by atoms with Crippen LogP contribution in [0.3, 0.4) is 0 Å². The smallest absolute Gasteiger partial charge is 0.0319 e. The molecule has 0 heteroatoms. The van der Waals surface area contributed by atoms with Gasteiger partial charge in [-0.2, -0.15) is 0 Å². The van der Waals surface area contributed by atoms with E-state index in [1.54, 1.807) is 0 Å². The lowest BCUT2D eigenvalue weighted by Gasteiger charge is -2.03. The molecule has 0 amide bonds. The zero-order valence-electron chi connectivity index (χ0n) is 5.14. The van der Waals surface area contributed by atoms with Crippen molar-refractivity contribution in [2.75, 3.05) is 0 Å². The molecule has 0 aromatic heterocycles. The van der Waals surface area contributed by atoms with Crippen molar-refractivity contribution in [1.29, 1.82) is 0 Å². The molecule has 0 unspecified atom stereocenters. The summed E-state index contributed by atoms with van der Waals surface area (Å²) in [6.07, 6.45) is 9.08. The molecule has 0 spiro atoms. The van der Waals surface area contributed by atoms with E-state index in [-0.39, 0.29) is 0 Å². The first-order valence-electron chi connectivity index (χ1n) is 3.28. The molecule has 0 bridgehead atoms. The average Bonchev–Trinajstić information content (AvgIpc) is 2.19. The molecule has 1 rings (SSSR count). The normalized spacial score (nSPS) is 20.1. The van der Waals surface area contributed by atoms with Crippen molar-refractivity contribution in [1.82, 2.24) is 0 Å². The monoisotopic (exact) mass is 108 g/mol. The van der Waals surface area contributed by atoms with Crippen LogP contribution in [0, 0.1) is 12.8 Å². The second-order valence-corrected chi connectivity index (χ2v) is 2.39. The Morgan fingerprint density at radius 1 is 1.38 bits per heavy atom. The lowest BCUT2D eigenvalue weighted by Crippen LogP contribution is -1.90. The molecule has 0 saturated heterocycles. The zero-order valence-corrected chi connectivity index (χ0v) is 5.14. The van der Waals surface area contributed by atoms with Gasteiger partial charge in [0.25, 0.3) is 0 Å². The predicted octanol–water partition coefficient (Wildman–Crippen LogP) is 2.44. The third kappa shape index (κ3) is 1.36. The molecule has 8 heavy (non-hydrogen) atoms. The summed E-state index contributed by atoms with van der Waals surface area (Å²) in [5.74, 6) is 0.875. The first kappa shape index (κ1) is 5.87. The number of hydrogen-bond donors (Lipinski definition) is 0. The van der Waals surface area contributed by atoms with Crippen LogP contribution in [0.25, 0.3) is 0 Å². The second-order valence-electron chi connectivity index (χ2n) is 2.39. The Morgan fingerprint density at radius 3 is 2.50 bits per heavy atom. The Bertz CT molecular complexity index is 74.0. The molecule has 0 aliphatic heterocycles. The van der Waals surface area contributed by atoms with Gasteiger partial charge in [-0.15, -0.1) is 0 Å². The quantitative estimate of drug-likeness (QED) is 0.476. The maximum Gasteiger partial charge on any atom is -0.0319 e. The summed E-state index contributed by atoms with van der Waals surface area (Å²) in [6, 6.07) is 0. The first-order valence-corrected chi connectivity index (χ1v) is 3.28. The minimum absolute atomic E-state index is 0.854. The van der Waals surface area contributed by atoms with E-state index in [0.29, 0.717) is 0 Å². The van der Waals surface area contributed by atoms with Gasteiger partial charge >= 0.3 is 0 Å². The summed E-state index contributed by atoms with van der Waals surface area (Å²) < 4.78 is 0. The molecule has 0 fully saturated rings. The Balaban J connectivity index is 2.10. The molecule has 0 atom stereocenters. The topological polar surface area (TPSA) is 0 Å². The van der Waals surface area contributed by atoms with Crippen LogP contribution in [0.5, 0.6) is 0 Å². The molecule has 44 valence electrons. The maximum absolute atomic E-state index is 5.38. The third-order valence-electron chi connectivity index (χ3n) is 1.68. The molecule has 1 aliphatic carbocycles. The van der Waals surface area contributed by atoms with E-state index in [4.69, 9.17) is 6.92 Å². The molecule has 0 aromatic rings. The minimum atomic E-state index is 0.854. The molecule has 2 radical (unpaired) electrons. The van der Waals surface area contributed by atoms with Crippen molar-refractivity contribution in [3.05, 3.63) is 19.1 Å². The van der Waals surface area contributed by atoms with Crippen molar-refractivity contribution in [2.45, 2.75) is 25.7 Å². The number of hydrogen-bond acceptors (Lipinski definition) is 0. The highest BCUT2D eigenvalue weighted by molar-refractivity contribution is 4.93. The molecule has 0 N–H and O–H groups in total. The highest BCUT2D eigenvalue weighted by Gasteiger charge is 2.07. The first-order chi connectivity index (χ1) is 3.93. The van der Waals surface area contributed by atoms with E-state index in [9.17, 15) is 0 Å². The third-order valence-corrected chi connectivity index (χ3v) is 1.68. The van der Waals surface area contributed by atoms with Crippen LogP contribution in [-0.2, 0) is 0 Å². The fourth-order valence-corrected chi connectivity index (χ4v) is 1.14. The predicted molar refractivity (Wildman–Crippen MR) is 35.4 cm³/mol. The molecule has 0 aromatic carbocycles. The van der Waals surface area contributed by atoms with Crippen LogP contribution < -0.4 is 0 Å². The van der Waals surface area contributed by atoms with Crippen molar-refractivity contribution in [3.63, 3.8) is 0 Å². The van der Waals surface area contributed by atoms with Gasteiger partial charge in [-0.1, -0.05) is 12.2 Å². The van der Waals surface area contributed by atoms with E-state index in [0.717, 1.165) is 12.3 Å². The van der Waals surface area contributed by atoms with Gasteiger partial charge in [0.1, 0.15) is 0 Å². The summed E-state index contributed by atoms with van der Waals surface area (Å²) >= 11 is 0. The maximum atomic E-state index is 5.38. The summed E-state index contributed by atoms with van der Waals surface area (Å²) in [5, 5.41) is 0. The van der Waals surface area contributed by atoms with Gasteiger partial charge in [0.05, 0.1) is 0 Å². The van der Waals surface area contributed by atoms with Crippen LogP contribution >= 0.6 is 0 Å². The van der Waals surface area contributed by atoms with Gasteiger partial charge in [-0.05, 0) is 38.5 Å². The lowest BCUT2D eigenvalue weighted by molar-refractivity contribution is 0.526. The van der Waals surface area contributed by atoms with Gasteiger partial charge in [0.15, 0.2) is 0 Å². The Kier molecular flexibility index (Phi) is 2.13.